The molecule has 0 saturated carbocycles. The number of alkyl halides is 3. The van der Waals surface area contributed by atoms with Crippen LogP contribution >= 0.6 is 0 Å². The molecule has 1 fully saturated rings. The van der Waals surface area contributed by atoms with Gasteiger partial charge in [0.1, 0.15) is 5.75 Å². The maximum absolute atomic E-state index is 12.8. The Hall–Kier alpha value is -3.62. The molecule has 1 saturated heterocycles. The molecule has 0 unspecified atom stereocenters. The molecule has 4 rings (SSSR count). The van der Waals surface area contributed by atoms with Gasteiger partial charge in [-0.3, -0.25) is 4.79 Å². The number of aromatic nitrogens is 2. The van der Waals surface area contributed by atoms with E-state index in [1.54, 1.807) is 4.90 Å². The zero-order valence-corrected chi connectivity index (χ0v) is 18.8. The Kier molecular flexibility index (Phi) is 7.00. The molecule has 3 aromatic rings. The number of nitrogens with zero attached hydrogens (tertiary/aromatic N) is 4. The van der Waals surface area contributed by atoms with Gasteiger partial charge in [0.15, 0.2) is 12.4 Å². The zero-order chi connectivity index (χ0) is 24.1. The molecule has 2 aromatic carbocycles. The van der Waals surface area contributed by atoms with Crippen LogP contribution in [0.4, 0.5) is 19.0 Å². The molecule has 1 amide bonds. The Morgan fingerprint density at radius 2 is 1.71 bits per heavy atom. The van der Waals surface area contributed by atoms with E-state index in [2.05, 4.69) is 34.2 Å². The number of piperazine rings is 1. The number of anilines is 1. The maximum Gasteiger partial charge on any atom is 0.416 e. The van der Waals surface area contributed by atoms with Crippen LogP contribution in [0.25, 0.3) is 11.3 Å². The Bertz CT molecular complexity index is 1110. The molecule has 1 aliphatic heterocycles. The van der Waals surface area contributed by atoms with Crippen molar-refractivity contribution in [1.29, 1.82) is 0 Å². The molecule has 0 atom stereocenters. The number of amides is 1. The van der Waals surface area contributed by atoms with Gasteiger partial charge in [-0.15, -0.1) is 10.2 Å². The molecular formula is C25H25F3N4O2. The molecule has 0 radical (unpaired) electrons. The van der Waals surface area contributed by atoms with Gasteiger partial charge in [0.2, 0.25) is 0 Å². The molecule has 0 bridgehead atoms. The first-order valence-corrected chi connectivity index (χ1v) is 11.1. The Balaban J connectivity index is 1.28. The molecule has 1 aliphatic rings. The summed E-state index contributed by atoms with van der Waals surface area (Å²) < 4.78 is 43.8. The average molecular weight is 470 g/mol. The molecule has 6 nitrogen and oxygen atoms in total. The number of hydrogen-bond acceptors (Lipinski definition) is 5. The molecule has 34 heavy (non-hydrogen) atoms. The van der Waals surface area contributed by atoms with Crippen LogP contribution in [-0.4, -0.2) is 53.8 Å². The lowest BCUT2D eigenvalue weighted by Gasteiger charge is -2.35. The lowest BCUT2D eigenvalue weighted by molar-refractivity contribution is -0.137. The highest BCUT2D eigenvalue weighted by molar-refractivity contribution is 5.78. The highest BCUT2D eigenvalue weighted by atomic mass is 19.4. The second kappa shape index (κ2) is 10.1. The summed E-state index contributed by atoms with van der Waals surface area (Å²) in [6.07, 6.45) is -3.47. The number of benzene rings is 2. The largest absolute Gasteiger partial charge is 0.484 e. The van der Waals surface area contributed by atoms with Crippen molar-refractivity contribution < 1.29 is 22.7 Å². The first-order chi connectivity index (χ1) is 16.3. The van der Waals surface area contributed by atoms with E-state index >= 15 is 0 Å². The van der Waals surface area contributed by atoms with Gasteiger partial charge >= 0.3 is 6.18 Å². The van der Waals surface area contributed by atoms with E-state index in [-0.39, 0.29) is 18.3 Å². The van der Waals surface area contributed by atoms with Crippen LogP contribution in [-0.2, 0) is 17.4 Å². The van der Waals surface area contributed by atoms with Crippen molar-refractivity contribution >= 4 is 11.7 Å². The standard InChI is InChI=1S/C25H25F3N4O2/c1-2-18-6-8-19(9-7-18)22-10-11-23(30-29-22)31-12-14-32(15-13-31)24(33)17-34-21-5-3-4-20(16-21)25(26,27)28/h3-11,16H,2,12-15,17H2,1H3. The van der Waals surface area contributed by atoms with Crippen LogP contribution < -0.4 is 9.64 Å². The van der Waals surface area contributed by atoms with Crippen molar-refractivity contribution in [2.45, 2.75) is 19.5 Å². The minimum atomic E-state index is -4.46. The fraction of sp³-hybridized carbons (Fsp3) is 0.320. The van der Waals surface area contributed by atoms with Gasteiger partial charge in [-0.25, -0.2) is 0 Å². The molecule has 0 N–H and O–H groups in total. The average Bonchev–Trinajstić information content (AvgIpc) is 2.87. The SMILES string of the molecule is CCc1ccc(-c2ccc(N3CCN(C(=O)COc4cccc(C(F)(F)F)c4)CC3)nn2)cc1. The van der Waals surface area contributed by atoms with Gasteiger partial charge in [0.25, 0.3) is 5.91 Å². The zero-order valence-electron chi connectivity index (χ0n) is 18.8. The molecule has 1 aromatic heterocycles. The van der Waals surface area contributed by atoms with Crippen LogP contribution in [0, 0.1) is 0 Å². The normalized spacial score (nSPS) is 14.2. The maximum atomic E-state index is 12.8. The van der Waals surface area contributed by atoms with Crippen LogP contribution in [0.3, 0.4) is 0 Å². The van der Waals surface area contributed by atoms with Crippen molar-refractivity contribution in [1.82, 2.24) is 15.1 Å². The molecule has 2 heterocycles. The monoisotopic (exact) mass is 470 g/mol. The fourth-order valence-corrected chi connectivity index (χ4v) is 3.74. The van der Waals surface area contributed by atoms with E-state index in [1.165, 1.54) is 17.7 Å². The van der Waals surface area contributed by atoms with Crippen LogP contribution in [0.5, 0.6) is 5.75 Å². The van der Waals surface area contributed by atoms with Crippen molar-refractivity contribution in [3.8, 4) is 17.0 Å². The highest BCUT2D eigenvalue weighted by Gasteiger charge is 2.30. The number of hydrogen-bond donors (Lipinski definition) is 0. The fourth-order valence-electron chi connectivity index (χ4n) is 3.74. The van der Waals surface area contributed by atoms with E-state index in [0.717, 1.165) is 35.6 Å². The van der Waals surface area contributed by atoms with Crippen LogP contribution in [0.1, 0.15) is 18.1 Å². The first kappa shape index (κ1) is 23.5. The van der Waals surface area contributed by atoms with Gasteiger partial charge < -0.3 is 14.5 Å². The predicted molar refractivity (Wildman–Crippen MR) is 123 cm³/mol. The minimum Gasteiger partial charge on any atom is -0.484 e. The molecule has 178 valence electrons. The summed E-state index contributed by atoms with van der Waals surface area (Å²) in [5, 5.41) is 8.70. The van der Waals surface area contributed by atoms with Gasteiger partial charge in [-0.2, -0.15) is 13.2 Å². The second-order valence-corrected chi connectivity index (χ2v) is 8.01. The summed E-state index contributed by atoms with van der Waals surface area (Å²) in [5.74, 6) is 0.483. The van der Waals surface area contributed by atoms with E-state index in [4.69, 9.17) is 4.74 Å². The molecular weight excluding hydrogens is 445 g/mol. The Morgan fingerprint density at radius 3 is 2.32 bits per heavy atom. The second-order valence-electron chi connectivity index (χ2n) is 8.01. The summed E-state index contributed by atoms with van der Waals surface area (Å²) >= 11 is 0. The quantitative estimate of drug-likeness (QED) is 0.533. The summed E-state index contributed by atoms with van der Waals surface area (Å²) in [5.41, 5.74) is 2.26. The topological polar surface area (TPSA) is 58.6 Å². The van der Waals surface area contributed by atoms with Gasteiger partial charge in [0, 0.05) is 31.7 Å². The lowest BCUT2D eigenvalue weighted by atomic mass is 10.1. The number of carbonyl (C=O) groups excluding carboxylic acids is 1. The molecule has 0 spiro atoms. The van der Waals surface area contributed by atoms with Gasteiger partial charge in [-0.1, -0.05) is 37.3 Å². The molecule has 9 heteroatoms. The highest BCUT2D eigenvalue weighted by Crippen LogP contribution is 2.31. The smallest absolute Gasteiger partial charge is 0.416 e. The summed E-state index contributed by atoms with van der Waals surface area (Å²) in [6, 6.07) is 16.6. The van der Waals surface area contributed by atoms with E-state index < -0.39 is 11.7 Å². The third kappa shape index (κ3) is 5.65. The number of ether oxygens (including phenoxy) is 1. The summed E-state index contributed by atoms with van der Waals surface area (Å²) in [7, 11) is 0. The van der Waals surface area contributed by atoms with E-state index in [1.807, 2.05) is 24.3 Å². The molecule has 0 aliphatic carbocycles. The van der Waals surface area contributed by atoms with Gasteiger partial charge in [0.05, 0.1) is 11.3 Å². The van der Waals surface area contributed by atoms with Crippen molar-refractivity contribution in [3.05, 3.63) is 71.8 Å². The Morgan fingerprint density at radius 1 is 0.971 bits per heavy atom. The number of halogens is 3. The predicted octanol–water partition coefficient (Wildman–Crippen LogP) is 4.45. The summed E-state index contributed by atoms with van der Waals surface area (Å²) in [6.45, 7) is 3.88. The number of aryl methyl sites for hydroxylation is 1. The van der Waals surface area contributed by atoms with Crippen LogP contribution in [0.2, 0.25) is 0 Å². The lowest BCUT2D eigenvalue weighted by Crippen LogP contribution is -2.50. The van der Waals surface area contributed by atoms with Crippen molar-refractivity contribution in [2.75, 3.05) is 37.7 Å². The van der Waals surface area contributed by atoms with Crippen molar-refractivity contribution in [2.24, 2.45) is 0 Å². The number of carbonyl (C=O) groups is 1. The van der Waals surface area contributed by atoms with E-state index in [9.17, 15) is 18.0 Å². The Labute approximate surface area is 196 Å². The number of rotatable bonds is 6. The first-order valence-electron chi connectivity index (χ1n) is 11.1. The summed E-state index contributed by atoms with van der Waals surface area (Å²) in [4.78, 5) is 16.2. The van der Waals surface area contributed by atoms with Gasteiger partial charge in [-0.05, 0) is 42.3 Å². The van der Waals surface area contributed by atoms with Crippen LogP contribution in [0.15, 0.2) is 60.7 Å². The third-order valence-electron chi connectivity index (χ3n) is 5.79. The van der Waals surface area contributed by atoms with E-state index in [0.29, 0.717) is 26.2 Å². The van der Waals surface area contributed by atoms with Crippen molar-refractivity contribution in [3.63, 3.8) is 0 Å². The minimum absolute atomic E-state index is 0.0153. The third-order valence-corrected chi connectivity index (χ3v) is 5.79.